The molecular weight excluding hydrogens is 352 g/mol. The average Bonchev–Trinajstić information content (AvgIpc) is 2.61. The van der Waals surface area contributed by atoms with E-state index in [0.717, 1.165) is 11.8 Å². The first-order chi connectivity index (χ1) is 12.4. The number of amides is 1. The van der Waals surface area contributed by atoms with E-state index in [1.54, 1.807) is 19.1 Å². The summed E-state index contributed by atoms with van der Waals surface area (Å²) in [5.74, 6) is -0.162. The number of rotatable bonds is 8. The van der Waals surface area contributed by atoms with Crippen LogP contribution in [0.1, 0.15) is 51.5 Å². The van der Waals surface area contributed by atoms with Gasteiger partial charge in [-0.3, -0.25) is 4.79 Å². The maximum absolute atomic E-state index is 12.5. The minimum absolute atomic E-state index is 0.0449. The molecule has 7 heteroatoms. The molecule has 0 bridgehead atoms. The summed E-state index contributed by atoms with van der Waals surface area (Å²) in [5.41, 5.74) is 1.55. The number of anilines is 1. The molecule has 144 valence electrons. The van der Waals surface area contributed by atoms with Crippen LogP contribution in [0.2, 0.25) is 0 Å². The van der Waals surface area contributed by atoms with Crippen molar-refractivity contribution in [1.29, 1.82) is 0 Å². The van der Waals surface area contributed by atoms with Crippen molar-refractivity contribution in [2.45, 2.75) is 63.7 Å². The Bertz CT molecular complexity index is 725. The van der Waals surface area contributed by atoms with Crippen LogP contribution in [-0.2, 0) is 26.0 Å². The van der Waals surface area contributed by atoms with Crippen LogP contribution in [-0.4, -0.2) is 31.9 Å². The Morgan fingerprint density at radius 3 is 2.58 bits per heavy atom. The molecule has 6 nitrogen and oxygen atoms in total. The molecule has 1 saturated carbocycles. The van der Waals surface area contributed by atoms with Crippen molar-refractivity contribution in [2.24, 2.45) is 5.92 Å². The SMILES string of the molecule is CCC(C)S(=O)(=O)NC1CCC(C(=O)Nc2cccc(CC=O)c2)CC1. The topological polar surface area (TPSA) is 92.3 Å². The zero-order valence-electron chi connectivity index (χ0n) is 15.4. The molecule has 1 unspecified atom stereocenters. The molecule has 1 aliphatic rings. The minimum Gasteiger partial charge on any atom is -0.326 e. The van der Waals surface area contributed by atoms with E-state index in [4.69, 9.17) is 0 Å². The second-order valence-electron chi connectivity index (χ2n) is 6.99. The number of nitrogens with one attached hydrogen (secondary N) is 2. The normalized spacial score (nSPS) is 21.8. The van der Waals surface area contributed by atoms with Crippen LogP contribution >= 0.6 is 0 Å². The van der Waals surface area contributed by atoms with Gasteiger partial charge in [-0.2, -0.15) is 0 Å². The highest BCUT2D eigenvalue weighted by Gasteiger charge is 2.30. The van der Waals surface area contributed by atoms with Gasteiger partial charge < -0.3 is 10.1 Å². The predicted octanol–water partition coefficient (Wildman–Crippen LogP) is 2.64. The number of benzene rings is 1. The van der Waals surface area contributed by atoms with Crippen molar-refractivity contribution < 1.29 is 18.0 Å². The number of sulfonamides is 1. The Hall–Kier alpha value is -1.73. The molecule has 2 N–H and O–H groups in total. The number of hydrogen-bond donors (Lipinski definition) is 2. The molecule has 0 aliphatic heterocycles. The van der Waals surface area contributed by atoms with Gasteiger partial charge in [0.2, 0.25) is 15.9 Å². The zero-order valence-corrected chi connectivity index (χ0v) is 16.2. The van der Waals surface area contributed by atoms with E-state index in [1.165, 1.54) is 0 Å². The molecule has 26 heavy (non-hydrogen) atoms. The highest BCUT2D eigenvalue weighted by Crippen LogP contribution is 2.26. The second-order valence-corrected chi connectivity index (χ2v) is 9.12. The molecule has 2 rings (SSSR count). The first-order valence-corrected chi connectivity index (χ1v) is 10.7. The standard InChI is InChI=1S/C19H28N2O4S/c1-3-14(2)26(24,25)21-17-9-7-16(8-10-17)19(23)20-18-6-4-5-15(13-18)11-12-22/h4-6,12-14,16-17,21H,3,7-11H2,1-2H3,(H,20,23). The van der Waals surface area contributed by atoms with Gasteiger partial charge in [-0.15, -0.1) is 0 Å². The van der Waals surface area contributed by atoms with Gasteiger partial charge in [0.15, 0.2) is 0 Å². The summed E-state index contributed by atoms with van der Waals surface area (Å²) in [5, 5.41) is 2.51. The van der Waals surface area contributed by atoms with Gasteiger partial charge in [-0.05, 0) is 56.7 Å². The van der Waals surface area contributed by atoms with E-state index in [0.29, 0.717) is 44.2 Å². The number of aldehydes is 1. The van der Waals surface area contributed by atoms with Crippen LogP contribution in [0.5, 0.6) is 0 Å². The smallest absolute Gasteiger partial charge is 0.227 e. The van der Waals surface area contributed by atoms with Crippen LogP contribution in [0, 0.1) is 5.92 Å². The second kappa shape index (κ2) is 9.28. The van der Waals surface area contributed by atoms with E-state index in [9.17, 15) is 18.0 Å². The molecule has 0 aromatic heterocycles. The minimum atomic E-state index is -3.29. The third-order valence-electron chi connectivity index (χ3n) is 5.05. The molecule has 1 aromatic carbocycles. The van der Waals surface area contributed by atoms with E-state index < -0.39 is 15.3 Å². The van der Waals surface area contributed by atoms with Gasteiger partial charge in [0.25, 0.3) is 0 Å². The fraction of sp³-hybridized carbons (Fsp3) is 0.579. The summed E-state index contributed by atoms with van der Waals surface area (Å²) in [6.45, 7) is 3.56. The lowest BCUT2D eigenvalue weighted by Gasteiger charge is -2.29. The number of carbonyl (C=O) groups excluding carboxylic acids is 2. The Labute approximate surface area is 155 Å². The van der Waals surface area contributed by atoms with Crippen molar-refractivity contribution >= 4 is 27.9 Å². The molecule has 0 heterocycles. The first-order valence-electron chi connectivity index (χ1n) is 9.20. The Kier molecular flexibility index (Phi) is 7.34. The molecule has 1 amide bonds. The molecule has 1 aliphatic carbocycles. The summed E-state index contributed by atoms with van der Waals surface area (Å²) in [7, 11) is -3.29. The van der Waals surface area contributed by atoms with E-state index in [-0.39, 0.29) is 17.9 Å². The summed E-state index contributed by atoms with van der Waals surface area (Å²) in [6, 6.07) is 7.18. The van der Waals surface area contributed by atoms with Crippen LogP contribution in [0.15, 0.2) is 24.3 Å². The summed E-state index contributed by atoms with van der Waals surface area (Å²) < 4.78 is 27.1. The van der Waals surface area contributed by atoms with Crippen molar-refractivity contribution in [3.8, 4) is 0 Å². The van der Waals surface area contributed by atoms with Gasteiger partial charge in [-0.25, -0.2) is 13.1 Å². The summed E-state index contributed by atoms with van der Waals surface area (Å²) in [4.78, 5) is 23.1. The van der Waals surface area contributed by atoms with Crippen molar-refractivity contribution in [1.82, 2.24) is 4.72 Å². The van der Waals surface area contributed by atoms with E-state index in [2.05, 4.69) is 10.0 Å². The number of hydrogen-bond acceptors (Lipinski definition) is 4. The molecule has 1 atom stereocenters. The largest absolute Gasteiger partial charge is 0.326 e. The molecule has 0 saturated heterocycles. The van der Waals surface area contributed by atoms with Gasteiger partial charge >= 0.3 is 0 Å². The fourth-order valence-electron chi connectivity index (χ4n) is 3.16. The van der Waals surface area contributed by atoms with Gasteiger partial charge in [0, 0.05) is 24.1 Å². The van der Waals surface area contributed by atoms with Crippen molar-refractivity contribution in [2.75, 3.05) is 5.32 Å². The molecular formula is C19H28N2O4S. The van der Waals surface area contributed by atoms with E-state index in [1.807, 2.05) is 19.1 Å². The lowest BCUT2D eigenvalue weighted by atomic mass is 9.86. The van der Waals surface area contributed by atoms with Gasteiger partial charge in [0.05, 0.1) is 5.25 Å². The van der Waals surface area contributed by atoms with Crippen LogP contribution in [0.4, 0.5) is 5.69 Å². The van der Waals surface area contributed by atoms with Crippen molar-refractivity contribution in [3.63, 3.8) is 0 Å². The summed E-state index contributed by atoms with van der Waals surface area (Å²) >= 11 is 0. The van der Waals surface area contributed by atoms with Crippen LogP contribution in [0.3, 0.4) is 0 Å². The molecule has 0 spiro atoms. The maximum Gasteiger partial charge on any atom is 0.227 e. The molecule has 0 radical (unpaired) electrons. The lowest BCUT2D eigenvalue weighted by Crippen LogP contribution is -2.42. The lowest BCUT2D eigenvalue weighted by molar-refractivity contribution is -0.120. The molecule has 1 aromatic rings. The number of carbonyl (C=O) groups is 2. The highest BCUT2D eigenvalue weighted by atomic mass is 32.2. The zero-order chi connectivity index (χ0) is 19.2. The quantitative estimate of drug-likeness (QED) is 0.678. The average molecular weight is 381 g/mol. The third-order valence-corrected chi connectivity index (χ3v) is 7.10. The van der Waals surface area contributed by atoms with Crippen LogP contribution < -0.4 is 10.0 Å². The Morgan fingerprint density at radius 2 is 1.96 bits per heavy atom. The molecule has 1 fully saturated rings. The fourth-order valence-corrected chi connectivity index (χ4v) is 4.53. The van der Waals surface area contributed by atoms with Gasteiger partial charge in [-0.1, -0.05) is 19.1 Å². The highest BCUT2D eigenvalue weighted by molar-refractivity contribution is 7.90. The third kappa shape index (κ3) is 5.64. The predicted molar refractivity (Wildman–Crippen MR) is 102 cm³/mol. The Balaban J connectivity index is 1.86. The van der Waals surface area contributed by atoms with Gasteiger partial charge in [0.1, 0.15) is 6.29 Å². The maximum atomic E-state index is 12.5. The first kappa shape index (κ1) is 20.6. The van der Waals surface area contributed by atoms with Crippen molar-refractivity contribution in [3.05, 3.63) is 29.8 Å². The Morgan fingerprint density at radius 1 is 1.27 bits per heavy atom. The monoisotopic (exact) mass is 380 g/mol. The van der Waals surface area contributed by atoms with Crippen LogP contribution in [0.25, 0.3) is 0 Å². The van der Waals surface area contributed by atoms with E-state index >= 15 is 0 Å². The summed E-state index contributed by atoms with van der Waals surface area (Å²) in [6.07, 6.45) is 4.39.